The van der Waals surface area contributed by atoms with E-state index >= 15 is 0 Å². The first-order valence-corrected chi connectivity index (χ1v) is 4.70. The number of alkyl halides is 2. The van der Waals surface area contributed by atoms with Crippen molar-refractivity contribution in [1.29, 1.82) is 0 Å². The second-order valence-electron chi connectivity index (χ2n) is 3.15. The summed E-state index contributed by atoms with van der Waals surface area (Å²) in [6.07, 6.45) is 1.24. The summed E-state index contributed by atoms with van der Waals surface area (Å²) in [6.45, 7) is -2.83. The zero-order chi connectivity index (χ0) is 11.9. The second kappa shape index (κ2) is 4.01. The smallest absolute Gasteiger partial charge is 0.423 e. The fraction of sp³-hybridized carbons (Fsp3) is 0.125. The zero-order valence-corrected chi connectivity index (χ0v) is 8.57. The van der Waals surface area contributed by atoms with E-state index in [1.807, 2.05) is 0 Å². The summed E-state index contributed by atoms with van der Waals surface area (Å²) in [4.78, 5) is 0. The third-order valence-electron chi connectivity index (χ3n) is 2.19. The van der Waals surface area contributed by atoms with Crippen LogP contribution in [0.2, 0.25) is 5.02 Å². The molecule has 84 valence electrons. The molecule has 1 heterocycles. The molecule has 2 aromatic rings. The molecule has 1 aromatic carbocycles. The molecule has 0 amide bonds. The summed E-state index contributed by atoms with van der Waals surface area (Å²) in [5.74, 6) is 0. The molecule has 0 aliphatic rings. The Morgan fingerprint density at radius 1 is 1.38 bits per heavy atom. The summed E-state index contributed by atoms with van der Waals surface area (Å²) >= 11 is 5.81. The number of aromatic nitrogens is 2. The highest BCUT2D eigenvalue weighted by molar-refractivity contribution is 6.63. The number of halogens is 3. The van der Waals surface area contributed by atoms with Crippen molar-refractivity contribution in [1.82, 2.24) is 9.78 Å². The van der Waals surface area contributed by atoms with E-state index in [1.165, 1.54) is 18.3 Å². The van der Waals surface area contributed by atoms with Crippen LogP contribution >= 0.6 is 11.6 Å². The summed E-state index contributed by atoms with van der Waals surface area (Å²) in [5, 5.41) is 21.7. The highest BCUT2D eigenvalue weighted by atomic mass is 35.5. The van der Waals surface area contributed by atoms with E-state index < -0.39 is 13.7 Å². The lowest BCUT2D eigenvalue weighted by atomic mass is 9.80. The number of nitrogens with zero attached hydrogens (tertiary/aromatic N) is 2. The largest absolute Gasteiger partial charge is 0.490 e. The molecule has 4 nitrogen and oxygen atoms in total. The first-order valence-electron chi connectivity index (χ1n) is 4.32. The summed E-state index contributed by atoms with van der Waals surface area (Å²) < 4.78 is 25.6. The topological polar surface area (TPSA) is 58.3 Å². The Labute approximate surface area is 94.2 Å². The first kappa shape index (κ1) is 11.3. The van der Waals surface area contributed by atoms with Gasteiger partial charge in [0, 0.05) is 10.8 Å². The predicted molar refractivity (Wildman–Crippen MR) is 55.8 cm³/mol. The molecule has 2 N–H and O–H groups in total. The number of hydrogen-bond acceptors (Lipinski definition) is 3. The van der Waals surface area contributed by atoms with Crippen molar-refractivity contribution in [2.75, 3.05) is 0 Å². The number of rotatable bonds is 2. The van der Waals surface area contributed by atoms with Gasteiger partial charge in [-0.15, -0.1) is 0 Å². The highest BCUT2D eigenvalue weighted by Gasteiger charge is 2.21. The van der Waals surface area contributed by atoms with Crippen LogP contribution in [0.1, 0.15) is 6.55 Å². The van der Waals surface area contributed by atoms with Gasteiger partial charge >= 0.3 is 13.7 Å². The van der Waals surface area contributed by atoms with Crippen LogP contribution in [-0.2, 0) is 0 Å². The van der Waals surface area contributed by atoms with Crippen LogP contribution in [0.15, 0.2) is 18.3 Å². The van der Waals surface area contributed by atoms with Crippen molar-refractivity contribution < 1.29 is 18.8 Å². The average molecular weight is 246 g/mol. The summed E-state index contributed by atoms with van der Waals surface area (Å²) in [7, 11) is -1.81. The minimum absolute atomic E-state index is 0.0118. The molecule has 0 bridgehead atoms. The quantitative estimate of drug-likeness (QED) is 0.769. The Morgan fingerprint density at radius 3 is 2.62 bits per heavy atom. The van der Waals surface area contributed by atoms with Crippen LogP contribution in [0.25, 0.3) is 10.9 Å². The van der Waals surface area contributed by atoms with E-state index in [2.05, 4.69) is 5.10 Å². The van der Waals surface area contributed by atoms with Crippen molar-refractivity contribution in [3.63, 3.8) is 0 Å². The Kier molecular flexibility index (Phi) is 2.83. The van der Waals surface area contributed by atoms with Crippen molar-refractivity contribution >= 4 is 35.1 Å². The SMILES string of the molecule is OB(O)c1ccc2cnn(C(F)F)c2c1Cl. The van der Waals surface area contributed by atoms with E-state index in [-0.39, 0.29) is 16.0 Å². The number of fused-ring (bicyclic) bond motifs is 1. The van der Waals surface area contributed by atoms with Crippen LogP contribution in [0, 0.1) is 0 Å². The predicted octanol–water partition coefficient (Wildman–Crippen LogP) is 0.765. The van der Waals surface area contributed by atoms with Gasteiger partial charge in [0.05, 0.1) is 16.7 Å². The molecule has 2 rings (SSSR count). The van der Waals surface area contributed by atoms with Gasteiger partial charge in [-0.05, 0) is 0 Å². The van der Waals surface area contributed by atoms with Crippen LogP contribution in [0.3, 0.4) is 0 Å². The van der Waals surface area contributed by atoms with Gasteiger partial charge in [-0.1, -0.05) is 23.7 Å². The molecule has 0 fully saturated rings. The second-order valence-corrected chi connectivity index (χ2v) is 3.53. The Bertz CT molecular complexity index is 532. The maximum atomic E-state index is 12.6. The normalized spacial score (nSPS) is 11.4. The van der Waals surface area contributed by atoms with Crippen molar-refractivity contribution in [3.05, 3.63) is 23.4 Å². The molecule has 0 atom stereocenters. The van der Waals surface area contributed by atoms with E-state index in [0.717, 1.165) is 0 Å². The lowest BCUT2D eigenvalue weighted by Crippen LogP contribution is -2.31. The van der Waals surface area contributed by atoms with Gasteiger partial charge in [0.15, 0.2) is 0 Å². The molecule has 0 spiro atoms. The maximum absolute atomic E-state index is 12.6. The third-order valence-corrected chi connectivity index (χ3v) is 2.59. The minimum atomic E-state index is -2.83. The molecule has 0 saturated heterocycles. The molecule has 0 radical (unpaired) electrons. The molecule has 0 aliphatic carbocycles. The summed E-state index contributed by atoms with van der Waals surface area (Å²) in [5.41, 5.74) is -0.0427. The van der Waals surface area contributed by atoms with Gasteiger partial charge in [-0.25, -0.2) is 4.68 Å². The first-order chi connectivity index (χ1) is 7.52. The van der Waals surface area contributed by atoms with Crippen LogP contribution in [0.5, 0.6) is 0 Å². The maximum Gasteiger partial charge on any atom is 0.490 e. The van der Waals surface area contributed by atoms with Crippen molar-refractivity contribution in [2.45, 2.75) is 6.55 Å². The Hall–Kier alpha value is -1.18. The summed E-state index contributed by atoms with van der Waals surface area (Å²) in [6, 6.07) is 2.80. The average Bonchev–Trinajstić information content (AvgIpc) is 2.61. The van der Waals surface area contributed by atoms with E-state index in [1.54, 1.807) is 0 Å². The molecule has 0 saturated carbocycles. The van der Waals surface area contributed by atoms with Gasteiger partial charge in [0.25, 0.3) is 0 Å². The fourth-order valence-electron chi connectivity index (χ4n) is 1.46. The zero-order valence-electron chi connectivity index (χ0n) is 7.81. The number of hydrogen-bond donors (Lipinski definition) is 2. The molecule has 0 unspecified atom stereocenters. The van der Waals surface area contributed by atoms with Gasteiger partial charge < -0.3 is 10.0 Å². The van der Waals surface area contributed by atoms with Gasteiger partial charge in [0.2, 0.25) is 0 Å². The molecule has 0 aliphatic heterocycles. The molecule has 8 heteroatoms. The minimum Gasteiger partial charge on any atom is -0.423 e. The molecule has 1 aromatic heterocycles. The lowest BCUT2D eigenvalue weighted by Gasteiger charge is -2.06. The molecule has 16 heavy (non-hydrogen) atoms. The van der Waals surface area contributed by atoms with Gasteiger partial charge in [0.1, 0.15) is 0 Å². The van der Waals surface area contributed by atoms with E-state index in [9.17, 15) is 8.78 Å². The standard InChI is InChI=1S/C8H6BClF2N2O2/c10-6-5(9(15)16)2-1-4-3-13-14(7(4)6)8(11)12/h1-3,8,15-16H. The fourth-order valence-corrected chi connectivity index (χ4v) is 1.82. The highest BCUT2D eigenvalue weighted by Crippen LogP contribution is 2.25. The van der Waals surface area contributed by atoms with Gasteiger partial charge in [-0.3, -0.25) is 0 Å². The van der Waals surface area contributed by atoms with Gasteiger partial charge in [-0.2, -0.15) is 13.9 Å². The van der Waals surface area contributed by atoms with Crippen LogP contribution in [0.4, 0.5) is 8.78 Å². The Balaban J connectivity index is 2.75. The third kappa shape index (κ3) is 1.66. The monoisotopic (exact) mass is 246 g/mol. The lowest BCUT2D eigenvalue weighted by molar-refractivity contribution is 0.0615. The molecular weight excluding hydrogens is 240 g/mol. The van der Waals surface area contributed by atoms with E-state index in [4.69, 9.17) is 21.6 Å². The van der Waals surface area contributed by atoms with Crippen molar-refractivity contribution in [2.24, 2.45) is 0 Å². The van der Waals surface area contributed by atoms with Crippen LogP contribution < -0.4 is 5.46 Å². The van der Waals surface area contributed by atoms with E-state index in [0.29, 0.717) is 10.1 Å². The Morgan fingerprint density at radius 2 is 2.06 bits per heavy atom. The molecular formula is C8H6BClF2N2O2. The van der Waals surface area contributed by atoms with Crippen LogP contribution in [-0.4, -0.2) is 26.9 Å². The number of benzene rings is 1. The van der Waals surface area contributed by atoms with Crippen molar-refractivity contribution in [3.8, 4) is 0 Å².